The monoisotopic (exact) mass is 113 g/mol. The Morgan fingerprint density at radius 2 is 2.43 bits per heavy atom. The molecule has 0 aromatic rings. The summed E-state index contributed by atoms with van der Waals surface area (Å²) < 4.78 is 0. The normalized spacial score (nSPS) is 28.1. The number of hydrogen-bond acceptors (Lipinski definition) is 1. The van der Waals surface area contributed by atoms with Crippen molar-refractivity contribution in [2.75, 3.05) is 0 Å². The first-order valence-electron chi connectivity index (χ1n) is 2.20. The molecule has 0 aromatic heterocycles. The van der Waals surface area contributed by atoms with Crippen molar-refractivity contribution in [3.63, 3.8) is 0 Å². The van der Waals surface area contributed by atoms with E-state index in [0.717, 1.165) is 5.70 Å². The van der Waals surface area contributed by atoms with Gasteiger partial charge in [0.1, 0.15) is 0 Å². The van der Waals surface area contributed by atoms with Crippen LogP contribution >= 0.6 is 9.24 Å². The molecule has 0 radical (unpaired) electrons. The molecule has 1 rings (SSSR count). The van der Waals surface area contributed by atoms with E-state index in [1.165, 1.54) is 0 Å². The molecular formula is C5H8NP. The number of hydrogen-bond donors (Lipinski definition) is 1. The van der Waals surface area contributed by atoms with E-state index in [1.54, 1.807) is 0 Å². The lowest BCUT2D eigenvalue weighted by Crippen LogP contribution is -2.03. The lowest BCUT2D eigenvalue weighted by atomic mass is 10.4. The van der Waals surface area contributed by atoms with Crippen LogP contribution in [0.2, 0.25) is 0 Å². The van der Waals surface area contributed by atoms with Crippen molar-refractivity contribution in [1.29, 1.82) is 0 Å². The van der Waals surface area contributed by atoms with Crippen LogP contribution in [0.15, 0.2) is 23.9 Å². The van der Waals surface area contributed by atoms with Crippen LogP contribution in [0.1, 0.15) is 0 Å². The maximum atomic E-state index is 5.46. The summed E-state index contributed by atoms with van der Waals surface area (Å²) >= 11 is 0. The fraction of sp³-hybridized carbons (Fsp3) is 0.200. The minimum Gasteiger partial charge on any atom is -0.401 e. The standard InChI is InChI=1S/C5H8NP/c6-4-2-1-3-5(4)7/h1-3,5H,6-7H2. The van der Waals surface area contributed by atoms with Crippen LogP contribution in [0, 0.1) is 0 Å². The van der Waals surface area contributed by atoms with Gasteiger partial charge in [0, 0.05) is 11.4 Å². The van der Waals surface area contributed by atoms with Gasteiger partial charge in [-0.2, -0.15) is 0 Å². The average Bonchev–Trinajstić information content (AvgIpc) is 1.91. The first-order chi connectivity index (χ1) is 3.30. The van der Waals surface area contributed by atoms with Crippen molar-refractivity contribution in [1.82, 2.24) is 0 Å². The molecule has 2 atom stereocenters. The predicted molar refractivity (Wildman–Crippen MR) is 34.9 cm³/mol. The highest BCUT2D eigenvalue weighted by atomic mass is 31.0. The van der Waals surface area contributed by atoms with Crippen molar-refractivity contribution in [2.45, 2.75) is 5.66 Å². The molecule has 0 aliphatic heterocycles. The summed E-state index contributed by atoms with van der Waals surface area (Å²) in [6.07, 6.45) is 5.92. The minimum absolute atomic E-state index is 0.389. The summed E-state index contributed by atoms with van der Waals surface area (Å²) in [5, 5.41) is 0. The molecule has 0 amide bonds. The van der Waals surface area contributed by atoms with Crippen LogP contribution in [0.3, 0.4) is 0 Å². The molecule has 2 N–H and O–H groups in total. The summed E-state index contributed by atoms with van der Waals surface area (Å²) in [5.74, 6) is 0. The number of rotatable bonds is 0. The van der Waals surface area contributed by atoms with Gasteiger partial charge in [-0.25, -0.2) is 0 Å². The summed E-state index contributed by atoms with van der Waals surface area (Å²) in [6.45, 7) is 0. The van der Waals surface area contributed by atoms with E-state index >= 15 is 0 Å². The lowest BCUT2D eigenvalue weighted by Gasteiger charge is -1.96. The highest BCUT2D eigenvalue weighted by Gasteiger charge is 2.01. The third-order valence-corrected chi connectivity index (χ3v) is 1.60. The van der Waals surface area contributed by atoms with Crippen LogP contribution in [0.25, 0.3) is 0 Å². The van der Waals surface area contributed by atoms with Crippen LogP contribution < -0.4 is 5.73 Å². The fourth-order valence-corrected chi connectivity index (χ4v) is 0.748. The van der Waals surface area contributed by atoms with E-state index in [1.807, 2.05) is 18.2 Å². The Morgan fingerprint density at radius 3 is 2.57 bits per heavy atom. The molecule has 2 heteroatoms. The highest BCUT2D eigenvalue weighted by molar-refractivity contribution is 7.18. The topological polar surface area (TPSA) is 26.0 Å². The van der Waals surface area contributed by atoms with Crippen LogP contribution in [-0.4, -0.2) is 5.66 Å². The molecule has 0 aromatic carbocycles. The van der Waals surface area contributed by atoms with Crippen molar-refractivity contribution >= 4 is 9.24 Å². The Balaban J connectivity index is 2.69. The third kappa shape index (κ3) is 0.834. The van der Waals surface area contributed by atoms with Crippen molar-refractivity contribution in [2.24, 2.45) is 5.73 Å². The molecule has 2 unspecified atom stereocenters. The zero-order chi connectivity index (χ0) is 5.28. The molecule has 0 saturated carbocycles. The largest absolute Gasteiger partial charge is 0.401 e. The smallest absolute Gasteiger partial charge is 0.0312 e. The zero-order valence-electron chi connectivity index (χ0n) is 3.96. The Hall–Kier alpha value is -0.290. The average molecular weight is 113 g/mol. The molecule has 0 heterocycles. The molecule has 0 spiro atoms. The Labute approximate surface area is 45.5 Å². The van der Waals surface area contributed by atoms with Crippen molar-refractivity contribution < 1.29 is 0 Å². The fourth-order valence-electron chi connectivity index (χ4n) is 0.509. The molecule has 1 nitrogen and oxygen atoms in total. The molecule has 38 valence electrons. The maximum absolute atomic E-state index is 5.46. The van der Waals surface area contributed by atoms with E-state index in [0.29, 0.717) is 5.66 Å². The van der Waals surface area contributed by atoms with Crippen molar-refractivity contribution in [3.05, 3.63) is 23.9 Å². The molecule has 0 saturated heterocycles. The van der Waals surface area contributed by atoms with Gasteiger partial charge in [-0.05, 0) is 6.08 Å². The Kier molecular flexibility index (Phi) is 1.16. The summed E-state index contributed by atoms with van der Waals surface area (Å²) in [7, 11) is 2.63. The Morgan fingerprint density at radius 1 is 1.71 bits per heavy atom. The van der Waals surface area contributed by atoms with Crippen molar-refractivity contribution in [3.8, 4) is 0 Å². The minimum atomic E-state index is 0.389. The maximum Gasteiger partial charge on any atom is 0.0312 e. The van der Waals surface area contributed by atoms with Crippen LogP contribution in [0.5, 0.6) is 0 Å². The summed E-state index contributed by atoms with van der Waals surface area (Å²) in [4.78, 5) is 0. The lowest BCUT2D eigenvalue weighted by molar-refractivity contribution is 1.22. The third-order valence-electron chi connectivity index (χ3n) is 0.992. The van der Waals surface area contributed by atoms with E-state index < -0.39 is 0 Å². The molecule has 0 bridgehead atoms. The van der Waals surface area contributed by atoms with Gasteiger partial charge in [0.05, 0.1) is 0 Å². The molecule has 7 heavy (non-hydrogen) atoms. The van der Waals surface area contributed by atoms with Gasteiger partial charge in [-0.3, -0.25) is 0 Å². The van der Waals surface area contributed by atoms with Gasteiger partial charge in [0.2, 0.25) is 0 Å². The second-order valence-corrected chi connectivity index (χ2v) is 2.30. The summed E-state index contributed by atoms with van der Waals surface area (Å²) in [6, 6.07) is 0. The first kappa shape index (κ1) is 4.86. The molecule has 1 aliphatic carbocycles. The van der Waals surface area contributed by atoms with E-state index in [2.05, 4.69) is 9.24 Å². The number of nitrogens with two attached hydrogens (primary N) is 1. The second-order valence-electron chi connectivity index (χ2n) is 1.58. The quantitative estimate of drug-likeness (QED) is 0.458. The first-order valence-corrected chi connectivity index (χ1v) is 2.87. The second kappa shape index (κ2) is 1.67. The van der Waals surface area contributed by atoms with Gasteiger partial charge >= 0.3 is 0 Å². The number of allylic oxidation sites excluding steroid dienone is 3. The van der Waals surface area contributed by atoms with E-state index in [4.69, 9.17) is 5.73 Å². The SMILES string of the molecule is NC1=CC=CC1P. The van der Waals surface area contributed by atoms with Gasteiger partial charge in [0.15, 0.2) is 0 Å². The van der Waals surface area contributed by atoms with Crippen LogP contribution in [0.4, 0.5) is 0 Å². The van der Waals surface area contributed by atoms with Gasteiger partial charge in [-0.1, -0.05) is 12.2 Å². The predicted octanol–water partition coefficient (Wildman–Crippen LogP) is 0.642. The van der Waals surface area contributed by atoms with Gasteiger partial charge in [-0.15, -0.1) is 9.24 Å². The Bertz CT molecular complexity index is 126. The highest BCUT2D eigenvalue weighted by Crippen LogP contribution is 2.13. The van der Waals surface area contributed by atoms with E-state index in [9.17, 15) is 0 Å². The zero-order valence-corrected chi connectivity index (χ0v) is 5.12. The molecular weight excluding hydrogens is 105 g/mol. The van der Waals surface area contributed by atoms with Gasteiger partial charge < -0.3 is 5.73 Å². The molecule has 0 fully saturated rings. The van der Waals surface area contributed by atoms with Crippen LogP contribution in [-0.2, 0) is 0 Å². The van der Waals surface area contributed by atoms with E-state index in [-0.39, 0.29) is 0 Å². The summed E-state index contributed by atoms with van der Waals surface area (Å²) in [5.41, 5.74) is 6.78. The van der Waals surface area contributed by atoms with Gasteiger partial charge in [0.25, 0.3) is 0 Å². The molecule has 1 aliphatic rings.